The van der Waals surface area contributed by atoms with Gasteiger partial charge in [0.2, 0.25) is 0 Å². The first-order valence-electron chi connectivity index (χ1n) is 3.56. The minimum absolute atomic E-state index is 0. The molecule has 1 aliphatic rings. The number of hydrogen-bond acceptors (Lipinski definition) is 2. The fourth-order valence-corrected chi connectivity index (χ4v) is 2.30. The predicted octanol–water partition coefficient (Wildman–Crippen LogP) is 2.36. The van der Waals surface area contributed by atoms with E-state index in [0.29, 0.717) is 5.92 Å². The molecule has 2 N–H and O–H groups in total. The van der Waals surface area contributed by atoms with E-state index in [1.54, 1.807) is 11.3 Å². The summed E-state index contributed by atoms with van der Waals surface area (Å²) in [5.41, 5.74) is 6.12. The van der Waals surface area contributed by atoms with Crippen LogP contribution in [-0.4, -0.2) is 0 Å². The Morgan fingerprint density at radius 3 is 2.73 bits per heavy atom. The zero-order chi connectivity index (χ0) is 7.19. The lowest BCUT2D eigenvalue weighted by molar-refractivity contribution is 0.679. The molecule has 0 spiro atoms. The zero-order valence-corrected chi connectivity index (χ0v) is 8.04. The van der Waals surface area contributed by atoms with Gasteiger partial charge in [0.05, 0.1) is 5.54 Å². The Labute approximate surface area is 77.0 Å². The Balaban J connectivity index is 0.000000605. The number of rotatable bonds is 1. The van der Waals surface area contributed by atoms with E-state index in [1.165, 1.54) is 4.88 Å². The molecule has 1 fully saturated rings. The normalized spacial score (nSPS) is 34.5. The number of thiophene rings is 1. The van der Waals surface area contributed by atoms with Crippen molar-refractivity contribution in [2.75, 3.05) is 0 Å². The van der Waals surface area contributed by atoms with Crippen LogP contribution in [0.2, 0.25) is 0 Å². The molecule has 2 unspecified atom stereocenters. The van der Waals surface area contributed by atoms with Gasteiger partial charge < -0.3 is 5.73 Å². The van der Waals surface area contributed by atoms with E-state index in [1.807, 2.05) is 0 Å². The van der Waals surface area contributed by atoms with Crippen LogP contribution < -0.4 is 5.73 Å². The minimum atomic E-state index is 0. The second-order valence-electron chi connectivity index (χ2n) is 3.12. The molecule has 1 heterocycles. The summed E-state index contributed by atoms with van der Waals surface area (Å²) in [4.78, 5) is 1.35. The van der Waals surface area contributed by atoms with Crippen LogP contribution in [0, 0.1) is 5.92 Å². The van der Waals surface area contributed by atoms with Crippen molar-refractivity contribution in [3.05, 3.63) is 22.4 Å². The lowest BCUT2D eigenvalue weighted by atomic mass is 10.2. The summed E-state index contributed by atoms with van der Waals surface area (Å²) in [6.45, 7) is 2.21. The van der Waals surface area contributed by atoms with Gasteiger partial charge in [0.15, 0.2) is 0 Å². The highest BCUT2D eigenvalue weighted by atomic mass is 35.5. The molecule has 2 rings (SSSR count). The summed E-state index contributed by atoms with van der Waals surface area (Å²) < 4.78 is 0. The number of halogens is 1. The van der Waals surface area contributed by atoms with E-state index in [9.17, 15) is 0 Å². The van der Waals surface area contributed by atoms with E-state index >= 15 is 0 Å². The van der Waals surface area contributed by atoms with E-state index in [4.69, 9.17) is 5.73 Å². The average molecular weight is 190 g/mol. The fraction of sp³-hybridized carbons (Fsp3) is 0.500. The Hall–Kier alpha value is -0.0500. The Morgan fingerprint density at radius 2 is 2.36 bits per heavy atom. The maximum Gasteiger partial charge on any atom is 0.0533 e. The van der Waals surface area contributed by atoms with Crippen molar-refractivity contribution >= 4 is 23.7 Å². The van der Waals surface area contributed by atoms with E-state index in [2.05, 4.69) is 24.4 Å². The molecule has 1 aromatic heterocycles. The van der Waals surface area contributed by atoms with E-state index < -0.39 is 0 Å². The van der Waals surface area contributed by atoms with Crippen LogP contribution in [0.4, 0.5) is 0 Å². The third-order valence-electron chi connectivity index (χ3n) is 2.34. The highest BCUT2D eigenvalue weighted by Gasteiger charge is 2.49. The van der Waals surface area contributed by atoms with Crippen molar-refractivity contribution in [2.45, 2.75) is 18.9 Å². The summed E-state index contributed by atoms with van der Waals surface area (Å²) in [7, 11) is 0. The number of hydrogen-bond donors (Lipinski definition) is 1. The molecule has 3 heteroatoms. The quantitative estimate of drug-likeness (QED) is 0.722. The average Bonchev–Trinajstić information content (AvgIpc) is 2.35. The highest BCUT2D eigenvalue weighted by molar-refractivity contribution is 7.10. The molecule has 0 amide bonds. The van der Waals surface area contributed by atoms with Crippen molar-refractivity contribution in [1.82, 2.24) is 0 Å². The van der Waals surface area contributed by atoms with Gasteiger partial charge in [-0.25, -0.2) is 0 Å². The molecule has 1 aromatic rings. The van der Waals surface area contributed by atoms with Crippen LogP contribution in [0.5, 0.6) is 0 Å². The fourth-order valence-electron chi connectivity index (χ4n) is 1.33. The molecule has 0 saturated heterocycles. The van der Waals surface area contributed by atoms with Gasteiger partial charge >= 0.3 is 0 Å². The second kappa shape index (κ2) is 2.77. The topological polar surface area (TPSA) is 26.0 Å². The van der Waals surface area contributed by atoms with E-state index in [0.717, 1.165) is 6.42 Å². The van der Waals surface area contributed by atoms with Gasteiger partial charge in [-0.3, -0.25) is 0 Å². The molecule has 1 aliphatic carbocycles. The highest BCUT2D eigenvalue weighted by Crippen LogP contribution is 2.50. The molecule has 1 nitrogen and oxygen atoms in total. The van der Waals surface area contributed by atoms with Gasteiger partial charge in [-0.15, -0.1) is 23.7 Å². The summed E-state index contributed by atoms with van der Waals surface area (Å²) in [5.74, 6) is 0.686. The third-order valence-corrected chi connectivity index (χ3v) is 3.41. The molecule has 11 heavy (non-hydrogen) atoms. The molecule has 1 saturated carbocycles. The van der Waals surface area contributed by atoms with Crippen LogP contribution in [-0.2, 0) is 5.54 Å². The summed E-state index contributed by atoms with van der Waals surface area (Å²) >= 11 is 1.77. The monoisotopic (exact) mass is 189 g/mol. The SMILES string of the molecule is CC1CC1(N)c1cccs1.Cl. The third kappa shape index (κ3) is 1.31. The van der Waals surface area contributed by atoms with Crippen LogP contribution in [0.25, 0.3) is 0 Å². The van der Waals surface area contributed by atoms with Crippen LogP contribution in [0.1, 0.15) is 18.2 Å². The first-order chi connectivity index (χ1) is 4.73. The van der Waals surface area contributed by atoms with Gasteiger partial charge in [0.1, 0.15) is 0 Å². The Bertz CT molecular complexity index is 234. The lowest BCUT2D eigenvalue weighted by Crippen LogP contribution is -2.19. The van der Waals surface area contributed by atoms with Gasteiger partial charge in [-0.1, -0.05) is 13.0 Å². The number of nitrogens with two attached hydrogens (primary N) is 1. The smallest absolute Gasteiger partial charge is 0.0533 e. The van der Waals surface area contributed by atoms with Gasteiger partial charge in [0, 0.05) is 4.88 Å². The van der Waals surface area contributed by atoms with Gasteiger partial charge in [0.25, 0.3) is 0 Å². The molecule has 0 radical (unpaired) electrons. The standard InChI is InChI=1S/C8H11NS.ClH/c1-6-5-8(6,9)7-3-2-4-10-7;/h2-4,6H,5,9H2,1H3;1H. The van der Waals surface area contributed by atoms with Crippen molar-refractivity contribution in [3.8, 4) is 0 Å². The maximum atomic E-state index is 6.07. The summed E-state index contributed by atoms with van der Waals surface area (Å²) in [5, 5.41) is 2.09. The van der Waals surface area contributed by atoms with Crippen LogP contribution >= 0.6 is 23.7 Å². The minimum Gasteiger partial charge on any atom is -0.321 e. The Kier molecular flexibility index (Phi) is 2.28. The molecular weight excluding hydrogens is 178 g/mol. The molecule has 0 aliphatic heterocycles. The largest absolute Gasteiger partial charge is 0.321 e. The molecule has 2 atom stereocenters. The first kappa shape index (κ1) is 9.04. The van der Waals surface area contributed by atoms with Crippen molar-refractivity contribution in [2.24, 2.45) is 11.7 Å². The first-order valence-corrected chi connectivity index (χ1v) is 4.44. The predicted molar refractivity (Wildman–Crippen MR) is 51.2 cm³/mol. The summed E-state index contributed by atoms with van der Waals surface area (Å²) in [6.07, 6.45) is 1.16. The second-order valence-corrected chi connectivity index (χ2v) is 4.07. The van der Waals surface area contributed by atoms with Gasteiger partial charge in [-0.05, 0) is 23.8 Å². The van der Waals surface area contributed by atoms with Crippen molar-refractivity contribution < 1.29 is 0 Å². The molecule has 0 aromatic carbocycles. The lowest BCUT2D eigenvalue weighted by Gasteiger charge is -2.04. The van der Waals surface area contributed by atoms with Crippen LogP contribution in [0.15, 0.2) is 17.5 Å². The van der Waals surface area contributed by atoms with Crippen molar-refractivity contribution in [3.63, 3.8) is 0 Å². The summed E-state index contributed by atoms with van der Waals surface area (Å²) in [6, 6.07) is 4.20. The molecular formula is C8H12ClNS. The van der Waals surface area contributed by atoms with Gasteiger partial charge in [-0.2, -0.15) is 0 Å². The maximum absolute atomic E-state index is 6.07. The van der Waals surface area contributed by atoms with E-state index in [-0.39, 0.29) is 17.9 Å². The van der Waals surface area contributed by atoms with Crippen molar-refractivity contribution in [1.29, 1.82) is 0 Å². The Morgan fingerprint density at radius 1 is 1.73 bits per heavy atom. The van der Waals surface area contributed by atoms with Crippen LogP contribution in [0.3, 0.4) is 0 Å². The zero-order valence-electron chi connectivity index (χ0n) is 6.41. The molecule has 62 valence electrons. The molecule has 0 bridgehead atoms.